The van der Waals surface area contributed by atoms with E-state index >= 15 is 0 Å². The summed E-state index contributed by atoms with van der Waals surface area (Å²) < 4.78 is 36.1. The molecule has 0 atom stereocenters. The van der Waals surface area contributed by atoms with Crippen molar-refractivity contribution in [2.45, 2.75) is 19.5 Å². The highest BCUT2D eigenvalue weighted by molar-refractivity contribution is 5.24. The molecule has 0 amide bonds. The summed E-state index contributed by atoms with van der Waals surface area (Å²) >= 11 is 0. The first-order valence-electron chi connectivity index (χ1n) is 4.20. The van der Waals surface area contributed by atoms with E-state index in [4.69, 9.17) is 0 Å². The summed E-state index contributed by atoms with van der Waals surface area (Å²) in [6.07, 6.45) is -3.45. The van der Waals surface area contributed by atoms with Crippen LogP contribution in [-0.4, -0.2) is 0 Å². The van der Waals surface area contributed by atoms with E-state index in [2.05, 4.69) is 13.2 Å². The van der Waals surface area contributed by atoms with Gasteiger partial charge in [-0.25, -0.2) is 0 Å². The monoisotopic (exact) mass is 202 g/mol. The van der Waals surface area contributed by atoms with Gasteiger partial charge in [-0.2, -0.15) is 13.2 Å². The fraction of sp³-hybridized carbons (Fsp3) is 0.273. The standard InChI is InChI=1S/C9H9F3.C2H4/c1-2-7-3-5-8(6-4-7)9(10,11)12;1-2/h3-6H,2H2,1H3;1-2H2. The summed E-state index contributed by atoms with van der Waals surface area (Å²) in [4.78, 5) is 0. The molecule has 0 spiro atoms. The van der Waals surface area contributed by atoms with Gasteiger partial charge < -0.3 is 0 Å². The van der Waals surface area contributed by atoms with Crippen LogP contribution in [0.3, 0.4) is 0 Å². The third-order valence-corrected chi connectivity index (χ3v) is 1.69. The number of hydrogen-bond acceptors (Lipinski definition) is 0. The molecule has 0 aliphatic carbocycles. The van der Waals surface area contributed by atoms with E-state index in [1.165, 1.54) is 12.1 Å². The minimum atomic E-state index is -4.22. The third-order valence-electron chi connectivity index (χ3n) is 1.69. The molecule has 1 aromatic rings. The van der Waals surface area contributed by atoms with Crippen molar-refractivity contribution in [1.29, 1.82) is 0 Å². The number of hydrogen-bond donors (Lipinski definition) is 0. The molecule has 0 N–H and O–H groups in total. The largest absolute Gasteiger partial charge is 0.416 e. The van der Waals surface area contributed by atoms with Gasteiger partial charge in [0.15, 0.2) is 0 Å². The Bertz CT molecular complexity index is 259. The lowest BCUT2D eigenvalue weighted by atomic mass is 10.1. The predicted molar refractivity (Wildman–Crippen MR) is 52.1 cm³/mol. The quantitative estimate of drug-likeness (QED) is 0.602. The van der Waals surface area contributed by atoms with Gasteiger partial charge in [-0.05, 0) is 24.1 Å². The Morgan fingerprint density at radius 1 is 1.07 bits per heavy atom. The Hall–Kier alpha value is -1.25. The van der Waals surface area contributed by atoms with Crippen LogP contribution in [0.4, 0.5) is 13.2 Å². The highest BCUT2D eigenvalue weighted by Gasteiger charge is 2.29. The van der Waals surface area contributed by atoms with E-state index in [1.54, 1.807) is 0 Å². The van der Waals surface area contributed by atoms with Gasteiger partial charge in [-0.15, -0.1) is 13.2 Å². The molecule has 1 rings (SSSR count). The maximum absolute atomic E-state index is 12.0. The molecule has 0 aromatic heterocycles. The molecule has 0 nitrogen and oxygen atoms in total. The second kappa shape index (κ2) is 5.47. The summed E-state index contributed by atoms with van der Waals surface area (Å²) in [6.45, 7) is 7.91. The second-order valence-corrected chi connectivity index (χ2v) is 2.55. The molecular formula is C11H13F3. The van der Waals surface area contributed by atoms with E-state index in [0.717, 1.165) is 24.1 Å². The van der Waals surface area contributed by atoms with Crippen LogP contribution in [0.15, 0.2) is 37.4 Å². The van der Waals surface area contributed by atoms with Crippen molar-refractivity contribution >= 4 is 0 Å². The Balaban J connectivity index is 0.000000791. The fourth-order valence-electron chi connectivity index (χ4n) is 0.929. The summed E-state index contributed by atoms with van der Waals surface area (Å²) in [6, 6.07) is 5.23. The third kappa shape index (κ3) is 3.64. The molecule has 0 bridgehead atoms. The van der Waals surface area contributed by atoms with Crippen molar-refractivity contribution in [3.63, 3.8) is 0 Å². The molecule has 1 aromatic carbocycles. The van der Waals surface area contributed by atoms with Gasteiger partial charge in [0.2, 0.25) is 0 Å². The normalized spacial score (nSPS) is 10.3. The molecule has 0 saturated heterocycles. The zero-order chi connectivity index (χ0) is 11.2. The predicted octanol–water partition coefficient (Wildman–Crippen LogP) is 4.07. The van der Waals surface area contributed by atoms with Crippen LogP contribution in [0.5, 0.6) is 0 Å². The Morgan fingerprint density at radius 2 is 1.50 bits per heavy atom. The fourth-order valence-corrected chi connectivity index (χ4v) is 0.929. The van der Waals surface area contributed by atoms with Gasteiger partial charge in [0.05, 0.1) is 5.56 Å². The molecule has 78 valence electrons. The van der Waals surface area contributed by atoms with Gasteiger partial charge in [0.25, 0.3) is 0 Å². The lowest BCUT2D eigenvalue weighted by Crippen LogP contribution is -2.04. The maximum Gasteiger partial charge on any atom is 0.416 e. The van der Waals surface area contributed by atoms with E-state index in [1.807, 2.05) is 6.92 Å². The van der Waals surface area contributed by atoms with Gasteiger partial charge in [-0.1, -0.05) is 19.1 Å². The van der Waals surface area contributed by atoms with Crippen molar-refractivity contribution < 1.29 is 13.2 Å². The molecule has 0 saturated carbocycles. The molecule has 0 heterocycles. The minimum Gasteiger partial charge on any atom is -0.166 e. The number of halogens is 3. The van der Waals surface area contributed by atoms with Gasteiger partial charge in [-0.3, -0.25) is 0 Å². The van der Waals surface area contributed by atoms with Crippen LogP contribution in [0.2, 0.25) is 0 Å². The topological polar surface area (TPSA) is 0 Å². The lowest BCUT2D eigenvalue weighted by Gasteiger charge is -2.06. The summed E-state index contributed by atoms with van der Waals surface area (Å²) in [7, 11) is 0. The first-order valence-corrected chi connectivity index (χ1v) is 4.20. The zero-order valence-corrected chi connectivity index (χ0v) is 8.06. The van der Waals surface area contributed by atoms with Crippen molar-refractivity contribution in [3.05, 3.63) is 48.6 Å². The Morgan fingerprint density at radius 3 is 1.79 bits per heavy atom. The van der Waals surface area contributed by atoms with Crippen LogP contribution >= 0.6 is 0 Å². The van der Waals surface area contributed by atoms with Crippen LogP contribution in [0.25, 0.3) is 0 Å². The SMILES string of the molecule is C=C.CCc1ccc(C(F)(F)F)cc1. The first-order chi connectivity index (χ1) is 6.54. The molecule has 0 radical (unpaired) electrons. The van der Waals surface area contributed by atoms with E-state index in [9.17, 15) is 13.2 Å². The number of rotatable bonds is 1. The van der Waals surface area contributed by atoms with Crippen molar-refractivity contribution in [3.8, 4) is 0 Å². The number of benzene rings is 1. The number of aryl methyl sites for hydroxylation is 1. The molecule has 0 fully saturated rings. The first kappa shape index (κ1) is 12.8. The molecule has 0 unspecified atom stereocenters. The number of alkyl halides is 3. The van der Waals surface area contributed by atoms with Crippen LogP contribution in [0, 0.1) is 0 Å². The van der Waals surface area contributed by atoms with Gasteiger partial charge >= 0.3 is 6.18 Å². The Labute approximate surface area is 82.1 Å². The summed E-state index contributed by atoms with van der Waals surface area (Å²) in [5.74, 6) is 0. The van der Waals surface area contributed by atoms with Gasteiger partial charge in [0, 0.05) is 0 Å². The van der Waals surface area contributed by atoms with E-state index in [0.29, 0.717) is 0 Å². The average molecular weight is 202 g/mol. The zero-order valence-electron chi connectivity index (χ0n) is 8.06. The molecule has 0 aliphatic rings. The average Bonchev–Trinajstić information content (AvgIpc) is 2.20. The molecule has 3 heteroatoms. The summed E-state index contributed by atoms with van der Waals surface area (Å²) in [5.41, 5.74) is 0.336. The van der Waals surface area contributed by atoms with Crippen LogP contribution < -0.4 is 0 Å². The van der Waals surface area contributed by atoms with Crippen molar-refractivity contribution in [2.24, 2.45) is 0 Å². The molecule has 0 aliphatic heterocycles. The van der Waals surface area contributed by atoms with E-state index in [-0.39, 0.29) is 0 Å². The van der Waals surface area contributed by atoms with Crippen LogP contribution in [0.1, 0.15) is 18.1 Å². The highest BCUT2D eigenvalue weighted by Crippen LogP contribution is 2.28. The highest BCUT2D eigenvalue weighted by atomic mass is 19.4. The smallest absolute Gasteiger partial charge is 0.166 e. The minimum absolute atomic E-state index is 0.584. The summed E-state index contributed by atoms with van der Waals surface area (Å²) in [5, 5.41) is 0. The Kier molecular flexibility index (Phi) is 4.99. The van der Waals surface area contributed by atoms with E-state index < -0.39 is 11.7 Å². The van der Waals surface area contributed by atoms with Crippen molar-refractivity contribution in [1.82, 2.24) is 0 Å². The second-order valence-electron chi connectivity index (χ2n) is 2.55. The molecular weight excluding hydrogens is 189 g/mol. The van der Waals surface area contributed by atoms with Gasteiger partial charge in [0.1, 0.15) is 0 Å². The van der Waals surface area contributed by atoms with Crippen LogP contribution in [-0.2, 0) is 12.6 Å². The van der Waals surface area contributed by atoms with Crippen molar-refractivity contribution in [2.75, 3.05) is 0 Å². The molecule has 14 heavy (non-hydrogen) atoms. The maximum atomic E-state index is 12.0. The lowest BCUT2D eigenvalue weighted by molar-refractivity contribution is -0.137.